The first-order valence-corrected chi connectivity index (χ1v) is 12.0. The predicted molar refractivity (Wildman–Crippen MR) is 137 cm³/mol. The number of anilines is 3. The van der Waals surface area contributed by atoms with Gasteiger partial charge < -0.3 is 25.4 Å². The first kappa shape index (κ1) is 24.6. The molecule has 0 saturated carbocycles. The van der Waals surface area contributed by atoms with Gasteiger partial charge in [0.05, 0.1) is 29.1 Å². The molecular formula is C26H27F3N8. The van der Waals surface area contributed by atoms with E-state index in [1.54, 1.807) is 6.20 Å². The zero-order chi connectivity index (χ0) is 26.2. The van der Waals surface area contributed by atoms with Crippen LogP contribution in [0.4, 0.5) is 30.6 Å². The average Bonchev–Trinajstić information content (AvgIpc) is 3.32. The minimum Gasteiger partial charge on any atom is -0.369 e. The fourth-order valence-electron chi connectivity index (χ4n) is 4.57. The van der Waals surface area contributed by atoms with Crippen molar-refractivity contribution in [1.82, 2.24) is 19.9 Å². The summed E-state index contributed by atoms with van der Waals surface area (Å²) in [6.45, 7) is 5.69. The van der Waals surface area contributed by atoms with Gasteiger partial charge in [-0.25, -0.2) is 9.97 Å². The minimum absolute atomic E-state index is 0.138. The Morgan fingerprint density at radius 1 is 1.14 bits per heavy atom. The van der Waals surface area contributed by atoms with E-state index in [-0.39, 0.29) is 29.8 Å². The highest BCUT2D eigenvalue weighted by molar-refractivity contribution is 5.85. The topological polar surface area (TPSA) is 95.9 Å². The fourth-order valence-corrected chi connectivity index (χ4v) is 4.57. The number of nitriles is 1. The van der Waals surface area contributed by atoms with Crippen LogP contribution in [0.15, 0.2) is 42.2 Å². The molecule has 0 radical (unpaired) electrons. The van der Waals surface area contributed by atoms with Crippen molar-refractivity contribution in [1.29, 1.82) is 5.26 Å². The van der Waals surface area contributed by atoms with Gasteiger partial charge in [0.25, 0.3) is 0 Å². The van der Waals surface area contributed by atoms with E-state index < -0.39 is 11.7 Å². The normalized spacial score (nSPS) is 16.9. The van der Waals surface area contributed by atoms with Gasteiger partial charge >= 0.3 is 6.18 Å². The molecule has 192 valence electrons. The van der Waals surface area contributed by atoms with E-state index in [1.807, 2.05) is 13.0 Å². The number of piperazine rings is 1. The third kappa shape index (κ3) is 5.11. The number of likely N-dealkylation sites (N-methyl/N-ethyl adjacent to an activating group) is 1. The van der Waals surface area contributed by atoms with E-state index in [0.29, 0.717) is 16.9 Å². The van der Waals surface area contributed by atoms with Crippen LogP contribution >= 0.6 is 0 Å². The van der Waals surface area contributed by atoms with Crippen LogP contribution in [-0.4, -0.2) is 65.8 Å². The summed E-state index contributed by atoms with van der Waals surface area (Å²) in [7, 11) is 2.13. The molecule has 5 rings (SSSR count). The zero-order valence-electron chi connectivity index (χ0n) is 20.5. The fraction of sp³-hybridized carbons (Fsp3) is 0.346. The van der Waals surface area contributed by atoms with Crippen molar-refractivity contribution in [2.24, 2.45) is 0 Å². The summed E-state index contributed by atoms with van der Waals surface area (Å²) in [5.74, 6) is 0.734. The highest BCUT2D eigenvalue weighted by Crippen LogP contribution is 2.38. The van der Waals surface area contributed by atoms with Gasteiger partial charge in [-0.05, 0) is 37.7 Å². The lowest BCUT2D eigenvalue weighted by Gasteiger charge is -2.34. The average molecular weight is 509 g/mol. The number of aromatic amines is 1. The SMILES string of the molecule is CC(Nc1ncc(C#N)c(-c2c[nH]c3c2C=C(C(F)(F)F)CN3)n1)c1ccc(N2CCN(C)CC2)cc1. The number of hydrogen-bond donors (Lipinski definition) is 3. The number of rotatable bonds is 5. The number of nitrogens with zero attached hydrogens (tertiary/aromatic N) is 5. The van der Waals surface area contributed by atoms with Crippen LogP contribution < -0.4 is 15.5 Å². The molecule has 0 aliphatic carbocycles. The summed E-state index contributed by atoms with van der Waals surface area (Å²) in [6, 6.07) is 10.2. The maximum absolute atomic E-state index is 13.3. The summed E-state index contributed by atoms with van der Waals surface area (Å²) < 4.78 is 40.0. The molecule has 2 aliphatic rings. The van der Waals surface area contributed by atoms with Gasteiger partial charge in [-0.2, -0.15) is 18.4 Å². The lowest BCUT2D eigenvalue weighted by molar-refractivity contribution is -0.0909. The van der Waals surface area contributed by atoms with Gasteiger partial charge in [-0.15, -0.1) is 0 Å². The van der Waals surface area contributed by atoms with E-state index in [9.17, 15) is 18.4 Å². The van der Waals surface area contributed by atoms with Crippen molar-refractivity contribution in [3.8, 4) is 17.3 Å². The Kier molecular flexibility index (Phi) is 6.52. The molecule has 1 saturated heterocycles. The monoisotopic (exact) mass is 508 g/mol. The van der Waals surface area contributed by atoms with Crippen molar-refractivity contribution >= 4 is 23.5 Å². The van der Waals surface area contributed by atoms with Crippen LogP contribution in [0.1, 0.15) is 29.7 Å². The second-order valence-corrected chi connectivity index (χ2v) is 9.33. The van der Waals surface area contributed by atoms with Gasteiger partial charge in [-0.1, -0.05) is 12.1 Å². The number of nitrogens with one attached hydrogen (secondary N) is 3. The number of hydrogen-bond acceptors (Lipinski definition) is 7. The van der Waals surface area contributed by atoms with Crippen LogP contribution in [-0.2, 0) is 0 Å². The van der Waals surface area contributed by atoms with E-state index >= 15 is 0 Å². The van der Waals surface area contributed by atoms with Crippen LogP contribution in [0.5, 0.6) is 0 Å². The third-order valence-corrected chi connectivity index (χ3v) is 6.83. The summed E-state index contributed by atoms with van der Waals surface area (Å²) in [5.41, 5.74) is 2.66. The lowest BCUT2D eigenvalue weighted by atomic mass is 10.0. The Morgan fingerprint density at radius 2 is 1.86 bits per heavy atom. The molecule has 2 aromatic heterocycles. The van der Waals surface area contributed by atoms with Gasteiger partial charge in [0.1, 0.15) is 11.9 Å². The van der Waals surface area contributed by atoms with E-state index in [4.69, 9.17) is 0 Å². The van der Waals surface area contributed by atoms with Crippen molar-refractivity contribution in [3.63, 3.8) is 0 Å². The van der Waals surface area contributed by atoms with E-state index in [1.165, 1.54) is 11.9 Å². The molecule has 8 nitrogen and oxygen atoms in total. The first-order valence-electron chi connectivity index (χ1n) is 12.0. The first-order chi connectivity index (χ1) is 17.7. The summed E-state index contributed by atoms with van der Waals surface area (Å²) in [6.07, 6.45) is -0.414. The second-order valence-electron chi connectivity index (χ2n) is 9.33. The number of benzene rings is 1. The zero-order valence-corrected chi connectivity index (χ0v) is 20.5. The molecule has 0 spiro atoms. The smallest absolute Gasteiger partial charge is 0.369 e. The minimum atomic E-state index is -4.45. The van der Waals surface area contributed by atoms with Gasteiger partial charge in [0, 0.05) is 55.7 Å². The maximum Gasteiger partial charge on any atom is 0.414 e. The van der Waals surface area contributed by atoms with Gasteiger partial charge in [0.2, 0.25) is 5.95 Å². The molecule has 1 aromatic carbocycles. The molecule has 1 atom stereocenters. The summed E-state index contributed by atoms with van der Waals surface area (Å²) in [4.78, 5) is 16.4. The molecule has 0 amide bonds. The molecule has 1 fully saturated rings. The van der Waals surface area contributed by atoms with Crippen molar-refractivity contribution in [3.05, 3.63) is 58.9 Å². The lowest BCUT2D eigenvalue weighted by Crippen LogP contribution is -2.44. The molecule has 1 unspecified atom stereocenters. The molecule has 37 heavy (non-hydrogen) atoms. The van der Waals surface area contributed by atoms with Crippen LogP contribution in [0.25, 0.3) is 17.3 Å². The third-order valence-electron chi connectivity index (χ3n) is 6.83. The number of alkyl halides is 3. The molecule has 3 N–H and O–H groups in total. The van der Waals surface area contributed by atoms with Crippen LogP contribution in [0, 0.1) is 11.3 Å². The standard InChI is InChI=1S/C26H27F3N8/c1-16(17-3-5-20(6-4-17)37-9-7-36(2)8-10-37)34-25-33-13-18(12-30)23(35-25)22-15-32-24-21(22)11-19(14-31-24)26(27,28)29/h3-6,11,13,15-16,31-32H,7-10,14H2,1-2H3,(H,33,34,35). The van der Waals surface area contributed by atoms with Crippen molar-refractivity contribution < 1.29 is 13.2 Å². The predicted octanol–water partition coefficient (Wildman–Crippen LogP) is 4.64. The molecule has 2 aliphatic heterocycles. The highest BCUT2D eigenvalue weighted by Gasteiger charge is 2.36. The van der Waals surface area contributed by atoms with Crippen molar-refractivity contribution in [2.75, 3.05) is 55.3 Å². The van der Waals surface area contributed by atoms with Gasteiger partial charge in [-0.3, -0.25) is 0 Å². The number of halogens is 3. The molecule has 11 heteroatoms. The second kappa shape index (κ2) is 9.78. The Labute approximate surface area is 212 Å². The summed E-state index contributed by atoms with van der Waals surface area (Å²) in [5, 5.41) is 15.6. The maximum atomic E-state index is 13.3. The molecule has 4 heterocycles. The van der Waals surface area contributed by atoms with Crippen molar-refractivity contribution in [2.45, 2.75) is 19.1 Å². The Balaban J connectivity index is 1.38. The number of aromatic nitrogens is 3. The molecule has 0 bridgehead atoms. The van der Waals surface area contributed by atoms with E-state index in [0.717, 1.165) is 37.8 Å². The Bertz CT molecular complexity index is 1350. The highest BCUT2D eigenvalue weighted by atomic mass is 19.4. The number of H-pyrrole nitrogens is 1. The number of fused-ring (bicyclic) bond motifs is 1. The molecular weight excluding hydrogens is 481 g/mol. The van der Waals surface area contributed by atoms with Crippen LogP contribution in [0.3, 0.4) is 0 Å². The molecule has 3 aromatic rings. The Hall–Kier alpha value is -4.04. The van der Waals surface area contributed by atoms with Gasteiger partial charge in [0.15, 0.2) is 0 Å². The summed E-state index contributed by atoms with van der Waals surface area (Å²) >= 11 is 0. The quantitative estimate of drug-likeness (QED) is 0.462. The van der Waals surface area contributed by atoms with E-state index in [2.05, 4.69) is 66.7 Å². The van der Waals surface area contributed by atoms with Crippen LogP contribution in [0.2, 0.25) is 0 Å². The Morgan fingerprint density at radius 3 is 2.54 bits per heavy atom. The largest absolute Gasteiger partial charge is 0.414 e.